The minimum atomic E-state index is -0.433. The van der Waals surface area contributed by atoms with E-state index < -0.39 is 6.04 Å². The maximum atomic E-state index is 12.3. The zero-order valence-corrected chi connectivity index (χ0v) is 15.9. The van der Waals surface area contributed by atoms with E-state index in [-0.39, 0.29) is 18.2 Å². The number of nitrogens with one attached hydrogen (secondary N) is 2. The van der Waals surface area contributed by atoms with Gasteiger partial charge in [-0.2, -0.15) is 0 Å². The SMILES string of the molecule is CC(=O)NC(CC(=O)Nc1nnc(CC(C)C)s1)c1ccc(Cl)cc1. The number of anilines is 1. The summed E-state index contributed by atoms with van der Waals surface area (Å²) in [6, 6.07) is 6.61. The second-order valence-corrected chi connectivity index (χ2v) is 7.65. The first-order valence-corrected chi connectivity index (χ1v) is 9.17. The van der Waals surface area contributed by atoms with Crippen LogP contribution in [-0.4, -0.2) is 22.0 Å². The molecule has 1 aromatic heterocycles. The van der Waals surface area contributed by atoms with E-state index in [1.54, 1.807) is 24.3 Å². The fourth-order valence-electron chi connectivity index (χ4n) is 2.28. The summed E-state index contributed by atoms with van der Waals surface area (Å²) in [5.41, 5.74) is 0.813. The summed E-state index contributed by atoms with van der Waals surface area (Å²) in [5, 5.41) is 15.6. The molecule has 2 rings (SSSR count). The van der Waals surface area contributed by atoms with Crippen molar-refractivity contribution in [3.05, 3.63) is 39.9 Å². The van der Waals surface area contributed by atoms with Crippen LogP contribution in [0.5, 0.6) is 0 Å². The van der Waals surface area contributed by atoms with Gasteiger partial charge in [0, 0.05) is 18.4 Å². The third-order valence-corrected chi connectivity index (χ3v) is 4.45. The van der Waals surface area contributed by atoms with Gasteiger partial charge in [-0.3, -0.25) is 9.59 Å². The predicted octanol–water partition coefficient (Wildman–Crippen LogP) is 3.60. The molecule has 134 valence electrons. The Hall–Kier alpha value is -1.99. The average Bonchev–Trinajstić information content (AvgIpc) is 2.93. The third kappa shape index (κ3) is 6.43. The topological polar surface area (TPSA) is 84.0 Å². The summed E-state index contributed by atoms with van der Waals surface area (Å²) in [4.78, 5) is 23.8. The number of carbonyl (C=O) groups excluding carboxylic acids is 2. The Kier molecular flexibility index (Phi) is 6.90. The number of carbonyl (C=O) groups is 2. The summed E-state index contributed by atoms with van der Waals surface area (Å²) < 4.78 is 0. The molecule has 2 aromatic rings. The summed E-state index contributed by atoms with van der Waals surface area (Å²) in [7, 11) is 0. The van der Waals surface area contributed by atoms with Crippen molar-refractivity contribution in [3.63, 3.8) is 0 Å². The van der Waals surface area contributed by atoms with Gasteiger partial charge in [0.1, 0.15) is 5.01 Å². The van der Waals surface area contributed by atoms with Crippen LogP contribution >= 0.6 is 22.9 Å². The molecule has 2 N–H and O–H groups in total. The summed E-state index contributed by atoms with van der Waals surface area (Å²) >= 11 is 7.26. The van der Waals surface area contributed by atoms with Gasteiger partial charge in [0.2, 0.25) is 16.9 Å². The molecule has 0 radical (unpaired) electrons. The maximum Gasteiger partial charge on any atom is 0.228 e. The molecule has 1 heterocycles. The second kappa shape index (κ2) is 8.92. The average molecular weight is 381 g/mol. The van der Waals surface area contributed by atoms with Crippen LogP contribution in [0.2, 0.25) is 5.02 Å². The van der Waals surface area contributed by atoms with E-state index in [4.69, 9.17) is 11.6 Å². The van der Waals surface area contributed by atoms with Crippen molar-refractivity contribution in [2.45, 2.75) is 39.7 Å². The van der Waals surface area contributed by atoms with Gasteiger partial charge >= 0.3 is 0 Å². The van der Waals surface area contributed by atoms with Gasteiger partial charge in [0.15, 0.2) is 0 Å². The number of hydrogen-bond acceptors (Lipinski definition) is 5. The zero-order chi connectivity index (χ0) is 18.4. The standard InChI is InChI=1S/C17H21ClN4O2S/c1-10(2)8-16-21-22-17(25-16)20-15(24)9-14(19-11(3)23)12-4-6-13(18)7-5-12/h4-7,10,14H,8-9H2,1-3H3,(H,19,23)(H,20,22,24). The van der Waals surface area contributed by atoms with E-state index in [1.165, 1.54) is 18.3 Å². The lowest BCUT2D eigenvalue weighted by molar-refractivity contribution is -0.120. The van der Waals surface area contributed by atoms with Crippen LogP contribution in [0, 0.1) is 5.92 Å². The van der Waals surface area contributed by atoms with Crippen molar-refractivity contribution < 1.29 is 9.59 Å². The van der Waals surface area contributed by atoms with Crippen LogP contribution in [0.1, 0.15) is 43.8 Å². The number of amides is 2. The molecule has 0 aliphatic heterocycles. The quantitative estimate of drug-likeness (QED) is 0.768. The van der Waals surface area contributed by atoms with Crippen LogP contribution in [0.3, 0.4) is 0 Å². The third-order valence-electron chi connectivity index (χ3n) is 3.34. The van der Waals surface area contributed by atoms with Crippen LogP contribution in [-0.2, 0) is 16.0 Å². The highest BCUT2D eigenvalue weighted by Gasteiger charge is 2.18. The molecule has 0 spiro atoms. The number of nitrogens with zero attached hydrogens (tertiary/aromatic N) is 2. The molecule has 0 fully saturated rings. The Balaban J connectivity index is 2.02. The summed E-state index contributed by atoms with van der Waals surface area (Å²) in [6.07, 6.45) is 0.924. The van der Waals surface area contributed by atoms with Crippen molar-refractivity contribution in [2.24, 2.45) is 5.92 Å². The van der Waals surface area contributed by atoms with Crippen LogP contribution in [0.4, 0.5) is 5.13 Å². The molecule has 0 aliphatic rings. The fraction of sp³-hybridized carbons (Fsp3) is 0.412. The van der Waals surface area contributed by atoms with E-state index in [0.29, 0.717) is 16.1 Å². The van der Waals surface area contributed by atoms with E-state index in [0.717, 1.165) is 17.0 Å². The molecule has 8 heteroatoms. The molecule has 0 saturated carbocycles. The van der Waals surface area contributed by atoms with Crippen LogP contribution < -0.4 is 10.6 Å². The predicted molar refractivity (Wildman–Crippen MR) is 99.7 cm³/mol. The van der Waals surface area contributed by atoms with E-state index >= 15 is 0 Å². The Bertz CT molecular complexity index is 731. The Labute approximate surface area is 156 Å². The molecular weight excluding hydrogens is 360 g/mol. The lowest BCUT2D eigenvalue weighted by Gasteiger charge is -2.17. The highest BCUT2D eigenvalue weighted by molar-refractivity contribution is 7.15. The van der Waals surface area contributed by atoms with Crippen molar-refractivity contribution in [3.8, 4) is 0 Å². The highest BCUT2D eigenvalue weighted by Crippen LogP contribution is 2.22. The lowest BCUT2D eigenvalue weighted by Crippen LogP contribution is -2.29. The molecule has 2 amide bonds. The van der Waals surface area contributed by atoms with Gasteiger partial charge in [-0.1, -0.05) is 48.9 Å². The Morgan fingerprint density at radius 2 is 1.88 bits per heavy atom. The normalized spacial score (nSPS) is 12.0. The molecule has 0 bridgehead atoms. The van der Waals surface area contributed by atoms with Gasteiger partial charge < -0.3 is 10.6 Å². The molecular formula is C17H21ClN4O2S. The van der Waals surface area contributed by atoms with Crippen LogP contribution in [0.15, 0.2) is 24.3 Å². The van der Waals surface area contributed by atoms with Gasteiger partial charge in [0.05, 0.1) is 12.5 Å². The first kappa shape index (κ1) is 19.3. The van der Waals surface area contributed by atoms with Crippen molar-refractivity contribution >= 4 is 39.9 Å². The van der Waals surface area contributed by atoms with Crippen molar-refractivity contribution in [2.75, 3.05) is 5.32 Å². The molecule has 0 aliphatic carbocycles. The molecule has 25 heavy (non-hydrogen) atoms. The molecule has 1 atom stereocenters. The van der Waals surface area contributed by atoms with Gasteiger partial charge in [-0.25, -0.2) is 0 Å². The zero-order valence-electron chi connectivity index (χ0n) is 14.4. The first-order valence-electron chi connectivity index (χ1n) is 7.98. The minimum Gasteiger partial charge on any atom is -0.349 e. The first-order chi connectivity index (χ1) is 11.8. The fourth-order valence-corrected chi connectivity index (χ4v) is 3.38. The molecule has 0 saturated heterocycles. The van der Waals surface area contributed by atoms with Crippen molar-refractivity contribution in [1.82, 2.24) is 15.5 Å². The Morgan fingerprint density at radius 1 is 1.20 bits per heavy atom. The number of hydrogen-bond donors (Lipinski definition) is 2. The minimum absolute atomic E-state index is 0.0975. The Morgan fingerprint density at radius 3 is 2.48 bits per heavy atom. The second-order valence-electron chi connectivity index (χ2n) is 6.16. The van der Waals surface area contributed by atoms with Crippen LogP contribution in [0.25, 0.3) is 0 Å². The highest BCUT2D eigenvalue weighted by atomic mass is 35.5. The lowest BCUT2D eigenvalue weighted by atomic mass is 10.0. The number of halogens is 1. The van der Waals surface area contributed by atoms with Gasteiger partial charge in [-0.05, 0) is 23.6 Å². The van der Waals surface area contributed by atoms with Gasteiger partial charge in [-0.15, -0.1) is 10.2 Å². The smallest absolute Gasteiger partial charge is 0.228 e. The van der Waals surface area contributed by atoms with E-state index in [9.17, 15) is 9.59 Å². The maximum absolute atomic E-state index is 12.3. The van der Waals surface area contributed by atoms with E-state index in [1.807, 2.05) is 0 Å². The van der Waals surface area contributed by atoms with Gasteiger partial charge in [0.25, 0.3) is 0 Å². The van der Waals surface area contributed by atoms with Crippen molar-refractivity contribution in [1.29, 1.82) is 0 Å². The molecule has 1 aromatic carbocycles. The molecule has 6 nitrogen and oxygen atoms in total. The largest absolute Gasteiger partial charge is 0.349 e. The monoisotopic (exact) mass is 380 g/mol. The molecule has 1 unspecified atom stereocenters. The number of benzene rings is 1. The summed E-state index contributed by atoms with van der Waals surface area (Å²) in [6.45, 7) is 5.62. The van der Waals surface area contributed by atoms with E-state index in [2.05, 4.69) is 34.7 Å². The number of rotatable bonds is 7. The number of aromatic nitrogens is 2. The summed E-state index contributed by atoms with van der Waals surface area (Å²) in [5.74, 6) is 0.0365.